The number of hydrogen-bond donors (Lipinski definition) is 3. The zero-order chi connectivity index (χ0) is 26.0. The summed E-state index contributed by atoms with van der Waals surface area (Å²) in [5.41, 5.74) is 3.63. The van der Waals surface area contributed by atoms with Crippen molar-refractivity contribution in [1.82, 2.24) is 15.2 Å². The average molecular weight is 566 g/mol. The predicted molar refractivity (Wildman–Crippen MR) is 152 cm³/mol. The van der Waals surface area contributed by atoms with Crippen LogP contribution in [-0.2, 0) is 4.79 Å². The number of nitrogens with zero attached hydrogens (tertiary/aromatic N) is 2. The van der Waals surface area contributed by atoms with Crippen molar-refractivity contribution in [3.63, 3.8) is 0 Å². The van der Waals surface area contributed by atoms with E-state index in [1.807, 2.05) is 37.2 Å². The van der Waals surface area contributed by atoms with E-state index in [-0.39, 0.29) is 52.0 Å². The maximum Gasteiger partial charge on any atom is 0.234 e. The summed E-state index contributed by atoms with van der Waals surface area (Å²) >= 11 is 12.3. The standard InChI is InChI=1S/C27H30Cl2N4O3.ClH/c1-15(34)21-13-30-24-9-4-16(17-11-22(28)27(36)23(29)12-17)10-20(24)26(21)32-19-7-5-18(6-8-19)31-25(35)14-33(2)3;/h4,9-13,18-19,36H,5-8,14H2,1-3H3,(H,30,32)(H,31,35);1H/t18-,19-;. The second-order valence-corrected chi connectivity index (χ2v) is 10.4. The van der Waals surface area contributed by atoms with Crippen LogP contribution in [-0.4, -0.2) is 59.4 Å². The average Bonchev–Trinajstić information content (AvgIpc) is 2.82. The number of amides is 1. The highest BCUT2D eigenvalue weighted by Gasteiger charge is 2.24. The molecule has 0 bridgehead atoms. The van der Waals surface area contributed by atoms with E-state index < -0.39 is 0 Å². The number of carbonyl (C=O) groups is 2. The summed E-state index contributed by atoms with van der Waals surface area (Å²) in [6.45, 7) is 1.91. The molecule has 0 spiro atoms. The minimum absolute atomic E-state index is 0. The first-order valence-corrected chi connectivity index (χ1v) is 12.7. The van der Waals surface area contributed by atoms with Gasteiger partial charge < -0.3 is 20.6 Å². The molecule has 37 heavy (non-hydrogen) atoms. The lowest BCUT2D eigenvalue weighted by molar-refractivity contribution is -0.122. The Morgan fingerprint density at radius 1 is 1.03 bits per heavy atom. The number of benzene rings is 2. The van der Waals surface area contributed by atoms with E-state index in [1.165, 1.54) is 6.92 Å². The van der Waals surface area contributed by atoms with Gasteiger partial charge in [0.25, 0.3) is 0 Å². The number of anilines is 1. The van der Waals surface area contributed by atoms with Gasteiger partial charge in [-0.05, 0) is 82.1 Å². The fourth-order valence-corrected chi connectivity index (χ4v) is 5.16. The number of aromatic nitrogens is 1. The molecule has 3 N–H and O–H groups in total. The third-order valence-electron chi connectivity index (χ3n) is 6.50. The molecule has 1 aliphatic rings. The van der Waals surface area contributed by atoms with Gasteiger partial charge in [-0.3, -0.25) is 14.6 Å². The third kappa shape index (κ3) is 6.85. The zero-order valence-electron chi connectivity index (χ0n) is 21.0. The molecule has 0 saturated heterocycles. The van der Waals surface area contributed by atoms with Crippen molar-refractivity contribution < 1.29 is 14.7 Å². The lowest BCUT2D eigenvalue weighted by atomic mass is 9.90. The Bertz CT molecular complexity index is 1280. The van der Waals surface area contributed by atoms with Gasteiger partial charge in [-0.25, -0.2) is 0 Å². The zero-order valence-corrected chi connectivity index (χ0v) is 23.3. The van der Waals surface area contributed by atoms with Gasteiger partial charge in [-0.15, -0.1) is 12.4 Å². The fourth-order valence-electron chi connectivity index (χ4n) is 4.67. The van der Waals surface area contributed by atoms with Crippen LogP contribution in [0.4, 0.5) is 5.69 Å². The number of rotatable bonds is 7. The molecular formula is C27H31Cl3N4O3. The molecule has 0 atom stereocenters. The molecule has 1 aromatic heterocycles. The summed E-state index contributed by atoms with van der Waals surface area (Å²) in [4.78, 5) is 31.0. The molecule has 0 unspecified atom stereocenters. The second kappa shape index (κ2) is 12.3. The summed E-state index contributed by atoms with van der Waals surface area (Å²) < 4.78 is 0. The number of fused-ring (bicyclic) bond motifs is 1. The Balaban J connectivity index is 0.00000380. The molecule has 1 fully saturated rings. The van der Waals surface area contributed by atoms with E-state index in [0.29, 0.717) is 12.1 Å². The molecule has 1 heterocycles. The number of phenolic OH excluding ortho intramolecular Hbond substituents is 1. The highest BCUT2D eigenvalue weighted by Crippen LogP contribution is 2.38. The smallest absolute Gasteiger partial charge is 0.234 e. The Labute approximate surface area is 232 Å². The second-order valence-electron chi connectivity index (χ2n) is 9.62. The third-order valence-corrected chi connectivity index (χ3v) is 7.07. The molecule has 0 aliphatic heterocycles. The van der Waals surface area contributed by atoms with Crippen molar-refractivity contribution in [3.8, 4) is 16.9 Å². The molecule has 2 aromatic carbocycles. The van der Waals surface area contributed by atoms with Gasteiger partial charge in [0, 0.05) is 23.7 Å². The summed E-state index contributed by atoms with van der Waals surface area (Å²) in [6, 6.07) is 9.41. The number of pyridine rings is 1. The van der Waals surface area contributed by atoms with Crippen LogP contribution < -0.4 is 10.6 Å². The predicted octanol–water partition coefficient (Wildman–Crippen LogP) is 5.94. The lowest BCUT2D eigenvalue weighted by Crippen LogP contribution is -2.43. The minimum Gasteiger partial charge on any atom is -0.505 e. The van der Waals surface area contributed by atoms with Gasteiger partial charge in [0.15, 0.2) is 11.5 Å². The number of ketones is 1. The summed E-state index contributed by atoms with van der Waals surface area (Å²) in [5, 5.41) is 17.8. The molecule has 1 aliphatic carbocycles. The Hall–Kier alpha value is -2.58. The molecule has 198 valence electrons. The van der Waals surface area contributed by atoms with Crippen LogP contribution in [0, 0.1) is 0 Å². The Morgan fingerprint density at radius 2 is 1.65 bits per heavy atom. The molecule has 0 radical (unpaired) electrons. The Kier molecular flexibility index (Phi) is 9.64. The van der Waals surface area contributed by atoms with E-state index in [1.54, 1.807) is 18.3 Å². The van der Waals surface area contributed by atoms with Crippen LogP contribution in [0.25, 0.3) is 22.0 Å². The Morgan fingerprint density at radius 3 is 2.24 bits per heavy atom. The van der Waals surface area contributed by atoms with Crippen molar-refractivity contribution in [2.24, 2.45) is 0 Å². The van der Waals surface area contributed by atoms with Crippen LogP contribution in [0.15, 0.2) is 36.5 Å². The van der Waals surface area contributed by atoms with Crippen LogP contribution in [0.3, 0.4) is 0 Å². The maximum atomic E-state index is 12.5. The van der Waals surface area contributed by atoms with Crippen LogP contribution in [0.5, 0.6) is 5.75 Å². The molecule has 1 saturated carbocycles. The van der Waals surface area contributed by atoms with Crippen LogP contribution in [0.2, 0.25) is 10.0 Å². The monoisotopic (exact) mass is 564 g/mol. The first-order chi connectivity index (χ1) is 17.1. The van der Waals surface area contributed by atoms with Gasteiger partial charge in [0.2, 0.25) is 5.91 Å². The van der Waals surface area contributed by atoms with E-state index in [0.717, 1.165) is 53.4 Å². The fraction of sp³-hybridized carbons (Fsp3) is 0.370. The van der Waals surface area contributed by atoms with Crippen molar-refractivity contribution in [1.29, 1.82) is 0 Å². The van der Waals surface area contributed by atoms with E-state index >= 15 is 0 Å². The van der Waals surface area contributed by atoms with Crippen molar-refractivity contribution in [2.45, 2.75) is 44.7 Å². The number of likely N-dealkylation sites (N-methyl/N-ethyl adjacent to an activating group) is 1. The molecule has 1 amide bonds. The molecular weight excluding hydrogens is 535 g/mol. The normalized spacial score (nSPS) is 17.4. The van der Waals surface area contributed by atoms with Crippen molar-refractivity contribution in [3.05, 3.63) is 52.1 Å². The highest BCUT2D eigenvalue weighted by atomic mass is 35.5. The first-order valence-electron chi connectivity index (χ1n) is 11.9. The summed E-state index contributed by atoms with van der Waals surface area (Å²) in [6.07, 6.45) is 5.10. The lowest BCUT2D eigenvalue weighted by Gasteiger charge is -2.31. The van der Waals surface area contributed by atoms with Crippen LogP contribution in [0.1, 0.15) is 43.0 Å². The van der Waals surface area contributed by atoms with E-state index in [9.17, 15) is 14.7 Å². The first kappa shape index (κ1) is 29.0. The van der Waals surface area contributed by atoms with Crippen molar-refractivity contribution in [2.75, 3.05) is 26.0 Å². The quantitative estimate of drug-likeness (QED) is 0.307. The number of Topliss-reactive ketones (excluding diaryl/α,β-unsaturated/α-hetero) is 1. The summed E-state index contributed by atoms with van der Waals surface area (Å²) in [5.74, 6) is -0.186. The number of phenols is 1. The molecule has 4 rings (SSSR count). The largest absolute Gasteiger partial charge is 0.505 e. The van der Waals surface area contributed by atoms with Gasteiger partial charge in [0.05, 0.1) is 33.4 Å². The van der Waals surface area contributed by atoms with Crippen molar-refractivity contribution >= 4 is 63.9 Å². The molecule has 10 heteroatoms. The molecule has 7 nitrogen and oxygen atoms in total. The van der Waals surface area contributed by atoms with Gasteiger partial charge in [-0.2, -0.15) is 0 Å². The molecule has 3 aromatic rings. The summed E-state index contributed by atoms with van der Waals surface area (Å²) in [7, 11) is 3.75. The number of carbonyl (C=O) groups excluding carboxylic acids is 2. The SMILES string of the molecule is CC(=O)c1cnc2ccc(-c3cc(Cl)c(O)c(Cl)c3)cc2c1N[C@H]1CC[C@H](NC(=O)CN(C)C)CC1.Cl. The highest BCUT2D eigenvalue weighted by molar-refractivity contribution is 6.37. The van der Waals surface area contributed by atoms with Gasteiger partial charge in [-0.1, -0.05) is 29.3 Å². The topological polar surface area (TPSA) is 94.6 Å². The van der Waals surface area contributed by atoms with E-state index in [2.05, 4.69) is 15.6 Å². The minimum atomic E-state index is -0.153. The number of halogens is 3. The van der Waals surface area contributed by atoms with Gasteiger partial charge in [0.1, 0.15) is 0 Å². The number of hydrogen-bond acceptors (Lipinski definition) is 6. The van der Waals surface area contributed by atoms with Crippen LogP contribution >= 0.6 is 35.6 Å². The number of nitrogens with one attached hydrogen (secondary N) is 2. The maximum absolute atomic E-state index is 12.5. The van der Waals surface area contributed by atoms with Gasteiger partial charge >= 0.3 is 0 Å². The van der Waals surface area contributed by atoms with E-state index in [4.69, 9.17) is 23.2 Å². The number of aromatic hydroxyl groups is 1.